The quantitative estimate of drug-likeness (QED) is 0.539. The minimum absolute atomic E-state index is 0.224. The molecule has 19 heavy (non-hydrogen) atoms. The van der Waals surface area contributed by atoms with Crippen molar-refractivity contribution in [2.45, 2.75) is 32.6 Å². The van der Waals surface area contributed by atoms with E-state index >= 15 is 0 Å². The Morgan fingerprint density at radius 3 is 2.58 bits per heavy atom. The smallest absolute Gasteiger partial charge is 0.407 e. The molecule has 1 aliphatic heterocycles. The van der Waals surface area contributed by atoms with Gasteiger partial charge in [0.25, 0.3) is 0 Å². The largest absolute Gasteiger partial charge is 0.466 e. The Balaban J connectivity index is 1.93. The van der Waals surface area contributed by atoms with Crippen LogP contribution in [0.4, 0.5) is 4.79 Å². The molecular weight excluding hydrogens is 248 g/mol. The third-order valence-electron chi connectivity index (χ3n) is 3.37. The number of carbonyl (C=O) groups excluding carboxylic acids is 1. The van der Waals surface area contributed by atoms with Crippen molar-refractivity contribution in [3.63, 3.8) is 0 Å². The molecule has 1 aliphatic rings. The fraction of sp³-hybridized carbons (Fsp3) is 0.846. The van der Waals surface area contributed by atoms with Gasteiger partial charge in [-0.2, -0.15) is 0 Å². The van der Waals surface area contributed by atoms with Crippen molar-refractivity contribution in [3.05, 3.63) is 0 Å². The van der Waals surface area contributed by atoms with Gasteiger partial charge in [-0.05, 0) is 44.7 Å². The third-order valence-corrected chi connectivity index (χ3v) is 3.37. The van der Waals surface area contributed by atoms with E-state index in [0.29, 0.717) is 25.6 Å². The molecule has 1 heterocycles. The molecule has 1 amide bonds. The maximum Gasteiger partial charge on any atom is 0.407 e. The highest BCUT2D eigenvalue weighted by molar-refractivity contribution is 5.65. The average Bonchev–Trinajstić information content (AvgIpc) is 2.38. The van der Waals surface area contributed by atoms with E-state index in [0.717, 1.165) is 38.8 Å². The number of unbranched alkanes of at least 4 members (excludes halogenated alkanes) is 1. The summed E-state index contributed by atoms with van der Waals surface area (Å²) < 4.78 is 4.84. The highest BCUT2D eigenvalue weighted by Gasteiger charge is 2.21. The molecule has 6 nitrogen and oxygen atoms in total. The lowest BCUT2D eigenvalue weighted by Gasteiger charge is -2.30. The van der Waals surface area contributed by atoms with E-state index in [-0.39, 0.29) is 5.97 Å². The first-order valence-corrected chi connectivity index (χ1v) is 6.91. The van der Waals surface area contributed by atoms with Crippen molar-refractivity contribution in [2.75, 3.05) is 32.8 Å². The number of hydrogen-bond acceptors (Lipinski definition) is 4. The van der Waals surface area contributed by atoms with Crippen LogP contribution in [0.1, 0.15) is 32.6 Å². The van der Waals surface area contributed by atoms with Crippen molar-refractivity contribution in [1.29, 1.82) is 0 Å². The third kappa shape index (κ3) is 7.00. The van der Waals surface area contributed by atoms with Crippen LogP contribution in [0.15, 0.2) is 0 Å². The predicted molar refractivity (Wildman–Crippen MR) is 71.1 cm³/mol. The zero-order chi connectivity index (χ0) is 14.1. The van der Waals surface area contributed by atoms with E-state index < -0.39 is 6.09 Å². The second-order valence-corrected chi connectivity index (χ2v) is 4.96. The van der Waals surface area contributed by atoms with Crippen molar-refractivity contribution >= 4 is 12.1 Å². The molecule has 1 saturated heterocycles. The van der Waals surface area contributed by atoms with Crippen LogP contribution in [0.2, 0.25) is 0 Å². The Labute approximate surface area is 114 Å². The topological polar surface area (TPSA) is 78.9 Å². The van der Waals surface area contributed by atoms with Crippen LogP contribution in [-0.4, -0.2) is 54.9 Å². The predicted octanol–water partition coefficient (Wildman–Crippen LogP) is 1.31. The Morgan fingerprint density at radius 2 is 2.00 bits per heavy atom. The SMILES string of the molecule is CC(=O)OCCCCNCC1CCN(C(=O)O)CC1. The first-order valence-electron chi connectivity index (χ1n) is 6.91. The molecule has 2 N–H and O–H groups in total. The fourth-order valence-electron chi connectivity index (χ4n) is 2.20. The molecule has 0 aliphatic carbocycles. The second-order valence-electron chi connectivity index (χ2n) is 4.96. The molecular formula is C13H24N2O4. The Bertz CT molecular complexity index is 288. The van der Waals surface area contributed by atoms with Gasteiger partial charge in [-0.3, -0.25) is 4.79 Å². The number of piperidine rings is 1. The summed E-state index contributed by atoms with van der Waals surface area (Å²) in [7, 11) is 0. The molecule has 0 aromatic carbocycles. The van der Waals surface area contributed by atoms with Crippen LogP contribution in [0.25, 0.3) is 0 Å². The first kappa shape index (κ1) is 15.8. The van der Waals surface area contributed by atoms with Gasteiger partial charge in [0.1, 0.15) is 0 Å². The van der Waals surface area contributed by atoms with Gasteiger partial charge in [0.05, 0.1) is 6.61 Å². The van der Waals surface area contributed by atoms with Gasteiger partial charge in [-0.25, -0.2) is 4.79 Å². The molecule has 110 valence electrons. The van der Waals surface area contributed by atoms with Gasteiger partial charge >= 0.3 is 12.1 Å². The molecule has 0 aromatic heterocycles. The Morgan fingerprint density at radius 1 is 1.32 bits per heavy atom. The number of rotatable bonds is 7. The standard InChI is InChI=1S/C13H24N2O4/c1-11(16)19-9-3-2-6-14-10-12-4-7-15(8-5-12)13(17)18/h12,14H,2-10H2,1H3,(H,17,18). The summed E-state index contributed by atoms with van der Waals surface area (Å²) >= 11 is 0. The molecule has 0 spiro atoms. The molecule has 0 unspecified atom stereocenters. The van der Waals surface area contributed by atoms with E-state index in [1.165, 1.54) is 11.8 Å². The maximum atomic E-state index is 10.7. The normalized spacial score (nSPS) is 16.4. The van der Waals surface area contributed by atoms with Crippen molar-refractivity contribution < 1.29 is 19.4 Å². The fourth-order valence-corrected chi connectivity index (χ4v) is 2.20. The van der Waals surface area contributed by atoms with Gasteiger partial charge in [0.15, 0.2) is 0 Å². The molecule has 1 rings (SSSR count). The summed E-state index contributed by atoms with van der Waals surface area (Å²) in [6.45, 7) is 5.07. The van der Waals surface area contributed by atoms with E-state index in [4.69, 9.17) is 9.84 Å². The van der Waals surface area contributed by atoms with Crippen molar-refractivity contribution in [2.24, 2.45) is 5.92 Å². The minimum Gasteiger partial charge on any atom is -0.466 e. The highest BCUT2D eigenvalue weighted by atomic mass is 16.5. The number of nitrogens with zero attached hydrogens (tertiary/aromatic N) is 1. The van der Waals surface area contributed by atoms with Gasteiger partial charge in [-0.1, -0.05) is 0 Å². The monoisotopic (exact) mass is 272 g/mol. The van der Waals surface area contributed by atoms with Crippen molar-refractivity contribution in [3.8, 4) is 0 Å². The number of carboxylic acid groups (broad SMARTS) is 1. The lowest BCUT2D eigenvalue weighted by molar-refractivity contribution is -0.141. The number of carbonyl (C=O) groups is 2. The molecule has 1 fully saturated rings. The van der Waals surface area contributed by atoms with Crippen molar-refractivity contribution in [1.82, 2.24) is 10.2 Å². The van der Waals surface area contributed by atoms with Gasteiger partial charge in [-0.15, -0.1) is 0 Å². The zero-order valence-corrected chi connectivity index (χ0v) is 11.6. The van der Waals surface area contributed by atoms with E-state index in [1.54, 1.807) is 0 Å². The molecule has 0 radical (unpaired) electrons. The van der Waals surface area contributed by atoms with Gasteiger partial charge in [0.2, 0.25) is 0 Å². The Kier molecular flexibility index (Phi) is 7.25. The number of likely N-dealkylation sites (tertiary alicyclic amines) is 1. The molecule has 0 bridgehead atoms. The van der Waals surface area contributed by atoms with Crippen LogP contribution in [0, 0.1) is 5.92 Å². The summed E-state index contributed by atoms with van der Waals surface area (Å²) in [5.74, 6) is 0.349. The number of esters is 1. The summed E-state index contributed by atoms with van der Waals surface area (Å²) in [5.41, 5.74) is 0. The minimum atomic E-state index is -0.808. The van der Waals surface area contributed by atoms with E-state index in [9.17, 15) is 9.59 Å². The number of amides is 1. The van der Waals surface area contributed by atoms with Crippen LogP contribution in [0.3, 0.4) is 0 Å². The molecule has 0 atom stereocenters. The maximum absolute atomic E-state index is 10.7. The zero-order valence-electron chi connectivity index (χ0n) is 11.6. The average molecular weight is 272 g/mol. The second kappa shape index (κ2) is 8.74. The molecule has 0 saturated carbocycles. The summed E-state index contributed by atoms with van der Waals surface area (Å²) in [6, 6.07) is 0. The van der Waals surface area contributed by atoms with Gasteiger partial charge in [0, 0.05) is 20.0 Å². The van der Waals surface area contributed by atoms with E-state index in [2.05, 4.69) is 5.32 Å². The van der Waals surface area contributed by atoms with Crippen LogP contribution in [0.5, 0.6) is 0 Å². The highest BCUT2D eigenvalue weighted by Crippen LogP contribution is 2.16. The summed E-state index contributed by atoms with van der Waals surface area (Å²) in [6.07, 6.45) is 2.93. The van der Waals surface area contributed by atoms with E-state index in [1.807, 2.05) is 0 Å². The number of ether oxygens (including phenoxy) is 1. The summed E-state index contributed by atoms with van der Waals surface area (Å²) in [4.78, 5) is 22.8. The van der Waals surface area contributed by atoms with Gasteiger partial charge < -0.3 is 20.1 Å². The van der Waals surface area contributed by atoms with Crippen LogP contribution >= 0.6 is 0 Å². The molecule has 0 aromatic rings. The Hall–Kier alpha value is -1.30. The first-order chi connectivity index (χ1) is 9.09. The number of nitrogens with one attached hydrogen (secondary N) is 1. The molecule has 6 heteroatoms. The lowest BCUT2D eigenvalue weighted by Crippen LogP contribution is -2.40. The van der Waals surface area contributed by atoms with Crippen LogP contribution in [-0.2, 0) is 9.53 Å². The lowest BCUT2D eigenvalue weighted by atomic mass is 9.97. The summed E-state index contributed by atoms with van der Waals surface area (Å²) in [5, 5.41) is 12.2. The van der Waals surface area contributed by atoms with Crippen LogP contribution < -0.4 is 5.32 Å². The number of hydrogen-bond donors (Lipinski definition) is 2.